The maximum atomic E-state index is 13.2. The van der Waals surface area contributed by atoms with Crippen molar-refractivity contribution in [3.05, 3.63) is 65.7 Å². The Hall–Kier alpha value is -2.67. The van der Waals surface area contributed by atoms with Crippen molar-refractivity contribution >= 4 is 17.5 Å². The van der Waals surface area contributed by atoms with Crippen LogP contribution in [0.15, 0.2) is 54.6 Å². The maximum absolute atomic E-state index is 13.2. The average Bonchev–Trinajstić information content (AvgIpc) is 2.89. The molecule has 1 atom stereocenters. The second-order valence-electron chi connectivity index (χ2n) is 6.03. The van der Waals surface area contributed by atoms with Crippen LogP contribution in [-0.2, 0) is 22.2 Å². The van der Waals surface area contributed by atoms with Gasteiger partial charge in [0, 0.05) is 0 Å². The van der Waals surface area contributed by atoms with Crippen molar-refractivity contribution in [3.63, 3.8) is 0 Å². The number of alkyl halides is 3. The molecular formula is C19H17F3N2O2. The van der Waals surface area contributed by atoms with Crippen molar-refractivity contribution in [1.29, 1.82) is 0 Å². The number of halogens is 3. The van der Waals surface area contributed by atoms with E-state index < -0.39 is 35.3 Å². The number of nitrogens with one attached hydrogen (secondary N) is 1. The average molecular weight is 362 g/mol. The fourth-order valence-corrected chi connectivity index (χ4v) is 2.99. The number of nitrogens with zero attached hydrogens (tertiary/aromatic N) is 1. The van der Waals surface area contributed by atoms with Gasteiger partial charge in [0.25, 0.3) is 5.91 Å². The first-order chi connectivity index (χ1) is 12.4. The molecule has 2 aromatic rings. The molecule has 0 aliphatic carbocycles. The number of benzene rings is 2. The minimum absolute atomic E-state index is 0.153. The lowest BCUT2D eigenvalue weighted by Crippen LogP contribution is -2.40. The summed E-state index contributed by atoms with van der Waals surface area (Å²) in [6.45, 7) is 0.447. The molecule has 0 saturated carbocycles. The third-order valence-corrected chi connectivity index (χ3v) is 4.24. The molecule has 2 aromatic carbocycles. The van der Waals surface area contributed by atoms with Gasteiger partial charge in [0.1, 0.15) is 0 Å². The zero-order valence-corrected chi connectivity index (χ0v) is 13.8. The summed E-state index contributed by atoms with van der Waals surface area (Å²) in [5.74, 6) is -1.29. The van der Waals surface area contributed by atoms with Crippen LogP contribution in [0.1, 0.15) is 17.5 Å². The summed E-state index contributed by atoms with van der Waals surface area (Å²) in [5.41, 5.74) is -0.343. The van der Waals surface area contributed by atoms with E-state index in [0.29, 0.717) is 17.9 Å². The molecular weight excluding hydrogens is 345 g/mol. The smallest absolute Gasteiger partial charge is 0.305 e. The highest BCUT2D eigenvalue weighted by atomic mass is 19.4. The van der Waals surface area contributed by atoms with Crippen LogP contribution in [0.2, 0.25) is 0 Å². The third kappa shape index (κ3) is 3.77. The van der Waals surface area contributed by atoms with Gasteiger partial charge in [-0.25, -0.2) is 4.90 Å². The van der Waals surface area contributed by atoms with Crippen LogP contribution in [0.4, 0.5) is 18.9 Å². The van der Waals surface area contributed by atoms with Gasteiger partial charge in [-0.1, -0.05) is 42.5 Å². The fraction of sp³-hybridized carbons (Fsp3) is 0.263. The highest BCUT2D eigenvalue weighted by Crippen LogP contribution is 2.38. The van der Waals surface area contributed by atoms with E-state index in [0.717, 1.165) is 17.7 Å². The summed E-state index contributed by atoms with van der Waals surface area (Å²) in [7, 11) is 0. The fourth-order valence-electron chi connectivity index (χ4n) is 2.99. The molecule has 4 nitrogen and oxygen atoms in total. The summed E-state index contributed by atoms with van der Waals surface area (Å²) < 4.78 is 39.5. The first kappa shape index (κ1) is 18.1. The minimum Gasteiger partial charge on any atom is -0.305 e. The molecule has 1 aliphatic heterocycles. The van der Waals surface area contributed by atoms with Crippen molar-refractivity contribution in [2.75, 3.05) is 11.4 Å². The van der Waals surface area contributed by atoms with E-state index in [1.165, 1.54) is 12.1 Å². The number of amides is 2. The third-order valence-electron chi connectivity index (χ3n) is 4.24. The molecule has 1 heterocycles. The Morgan fingerprint density at radius 2 is 1.65 bits per heavy atom. The van der Waals surface area contributed by atoms with E-state index in [-0.39, 0.29) is 6.42 Å². The minimum atomic E-state index is -4.64. The van der Waals surface area contributed by atoms with Gasteiger partial charge in [-0.05, 0) is 30.7 Å². The predicted molar refractivity (Wildman–Crippen MR) is 90.5 cm³/mol. The van der Waals surface area contributed by atoms with Gasteiger partial charge >= 0.3 is 6.18 Å². The van der Waals surface area contributed by atoms with Gasteiger partial charge in [-0.2, -0.15) is 13.2 Å². The number of anilines is 1. The zero-order valence-electron chi connectivity index (χ0n) is 13.8. The quantitative estimate of drug-likeness (QED) is 0.832. The van der Waals surface area contributed by atoms with Crippen LogP contribution in [0, 0.1) is 0 Å². The number of para-hydroxylation sites is 1. The van der Waals surface area contributed by atoms with Crippen molar-refractivity contribution in [3.8, 4) is 0 Å². The van der Waals surface area contributed by atoms with Crippen LogP contribution in [0.25, 0.3) is 0 Å². The SMILES string of the molecule is O=C1C[C@H](NCCc2ccccc2)C(=O)N1c1ccccc1C(F)(F)F. The van der Waals surface area contributed by atoms with Gasteiger partial charge in [-0.3, -0.25) is 9.59 Å². The molecule has 0 spiro atoms. The molecule has 1 aliphatic rings. The molecule has 1 fully saturated rings. The number of hydrogen-bond donors (Lipinski definition) is 1. The summed E-state index contributed by atoms with van der Waals surface area (Å²) in [6.07, 6.45) is -4.15. The molecule has 0 radical (unpaired) electrons. The van der Waals surface area contributed by atoms with Crippen LogP contribution in [0.5, 0.6) is 0 Å². The highest BCUT2D eigenvalue weighted by Gasteiger charge is 2.43. The van der Waals surface area contributed by atoms with Gasteiger partial charge in [-0.15, -0.1) is 0 Å². The van der Waals surface area contributed by atoms with Gasteiger partial charge < -0.3 is 5.32 Å². The first-order valence-electron chi connectivity index (χ1n) is 8.18. The zero-order chi connectivity index (χ0) is 18.7. The monoisotopic (exact) mass is 362 g/mol. The van der Waals surface area contributed by atoms with Crippen molar-refractivity contribution in [2.45, 2.75) is 25.1 Å². The molecule has 26 heavy (non-hydrogen) atoms. The van der Waals surface area contributed by atoms with E-state index in [1.807, 2.05) is 30.3 Å². The normalized spacial score (nSPS) is 17.8. The van der Waals surface area contributed by atoms with Crippen LogP contribution in [-0.4, -0.2) is 24.4 Å². The van der Waals surface area contributed by atoms with Crippen molar-refractivity contribution < 1.29 is 22.8 Å². The molecule has 0 bridgehead atoms. The number of carbonyl (C=O) groups is 2. The molecule has 136 valence electrons. The number of hydrogen-bond acceptors (Lipinski definition) is 3. The largest absolute Gasteiger partial charge is 0.418 e. The molecule has 7 heteroatoms. The predicted octanol–water partition coefficient (Wildman–Crippen LogP) is 3.17. The van der Waals surface area contributed by atoms with Crippen LogP contribution in [0.3, 0.4) is 0 Å². The molecule has 1 N–H and O–H groups in total. The Labute approximate surface area is 148 Å². The molecule has 1 saturated heterocycles. The van der Waals surface area contributed by atoms with E-state index >= 15 is 0 Å². The Bertz CT molecular complexity index is 806. The summed E-state index contributed by atoms with van der Waals surface area (Å²) >= 11 is 0. The Kier molecular flexibility index (Phi) is 5.08. The van der Waals surface area contributed by atoms with Crippen molar-refractivity contribution in [1.82, 2.24) is 5.32 Å². The van der Waals surface area contributed by atoms with E-state index in [9.17, 15) is 22.8 Å². The molecule has 0 unspecified atom stereocenters. The lowest BCUT2D eigenvalue weighted by molar-refractivity contribution is -0.137. The van der Waals surface area contributed by atoms with E-state index in [4.69, 9.17) is 0 Å². The summed E-state index contributed by atoms with van der Waals surface area (Å²) in [6, 6.07) is 13.4. The lowest BCUT2D eigenvalue weighted by Gasteiger charge is -2.20. The summed E-state index contributed by atoms with van der Waals surface area (Å²) in [5, 5.41) is 2.97. The van der Waals surface area contributed by atoms with Gasteiger partial charge in [0.05, 0.1) is 23.7 Å². The second kappa shape index (κ2) is 7.29. The van der Waals surface area contributed by atoms with E-state index in [1.54, 1.807) is 0 Å². The molecule has 2 amide bonds. The number of carbonyl (C=O) groups excluding carboxylic acids is 2. The van der Waals surface area contributed by atoms with Gasteiger partial charge in [0.2, 0.25) is 5.91 Å². The maximum Gasteiger partial charge on any atom is 0.418 e. The molecule has 3 rings (SSSR count). The van der Waals surface area contributed by atoms with Crippen LogP contribution < -0.4 is 10.2 Å². The number of rotatable bonds is 5. The summed E-state index contributed by atoms with van der Waals surface area (Å²) in [4.78, 5) is 25.4. The number of imide groups is 1. The Morgan fingerprint density at radius 1 is 1.00 bits per heavy atom. The first-order valence-corrected chi connectivity index (χ1v) is 8.18. The Morgan fingerprint density at radius 3 is 2.35 bits per heavy atom. The second-order valence-corrected chi connectivity index (χ2v) is 6.03. The van der Waals surface area contributed by atoms with Crippen LogP contribution >= 0.6 is 0 Å². The van der Waals surface area contributed by atoms with E-state index in [2.05, 4.69) is 5.32 Å². The topological polar surface area (TPSA) is 49.4 Å². The Balaban J connectivity index is 1.72. The van der Waals surface area contributed by atoms with Crippen molar-refractivity contribution in [2.24, 2.45) is 0 Å². The lowest BCUT2D eigenvalue weighted by atomic mass is 10.1. The molecule has 0 aromatic heterocycles. The van der Waals surface area contributed by atoms with Gasteiger partial charge in [0.15, 0.2) is 0 Å². The standard InChI is InChI=1S/C19H17F3N2O2/c20-19(21,22)14-8-4-5-9-16(14)24-17(25)12-15(18(24)26)23-11-10-13-6-2-1-3-7-13/h1-9,15,23H,10-12H2/t15-/m0/s1. The highest BCUT2D eigenvalue weighted by molar-refractivity contribution is 6.22.